The van der Waals surface area contributed by atoms with Crippen LogP contribution in [-0.2, 0) is 0 Å². The van der Waals surface area contributed by atoms with Crippen molar-refractivity contribution in [2.45, 2.75) is 39.2 Å². The van der Waals surface area contributed by atoms with Crippen LogP contribution in [0.2, 0.25) is 5.15 Å². The van der Waals surface area contributed by atoms with Crippen molar-refractivity contribution in [1.82, 2.24) is 4.98 Å². The zero-order valence-electron chi connectivity index (χ0n) is 9.84. The summed E-state index contributed by atoms with van der Waals surface area (Å²) in [6.07, 6.45) is 1.97. The Bertz CT molecular complexity index is 405. The number of pyridine rings is 1. The largest absolute Gasteiger partial charge is 0.365 e. The number of halogens is 1. The van der Waals surface area contributed by atoms with Crippen molar-refractivity contribution in [3.05, 3.63) is 22.8 Å². The van der Waals surface area contributed by atoms with Gasteiger partial charge in [-0.05, 0) is 31.9 Å². The predicted molar refractivity (Wildman–Crippen MR) is 66.6 cm³/mol. The Kier molecular flexibility index (Phi) is 4.14. The van der Waals surface area contributed by atoms with Crippen LogP contribution in [0.1, 0.15) is 39.2 Å². The van der Waals surface area contributed by atoms with Crippen LogP contribution in [0.3, 0.4) is 0 Å². The molecule has 0 spiro atoms. The van der Waals surface area contributed by atoms with Gasteiger partial charge in [0.1, 0.15) is 11.0 Å². The lowest BCUT2D eigenvalue weighted by Crippen LogP contribution is -2.33. The zero-order chi connectivity index (χ0) is 12.2. The van der Waals surface area contributed by atoms with Gasteiger partial charge in [0.2, 0.25) is 0 Å². The van der Waals surface area contributed by atoms with E-state index >= 15 is 0 Å². The number of nitrogens with zero attached hydrogens (tertiary/aromatic N) is 2. The number of anilines is 1. The SMILES string of the molecule is CCC(C)(CC)Nc1cc(C#N)cc(Cl)n1. The molecule has 0 saturated carbocycles. The molecule has 0 aliphatic heterocycles. The van der Waals surface area contributed by atoms with Gasteiger partial charge < -0.3 is 5.32 Å². The molecule has 0 aromatic carbocycles. The number of nitrogens with one attached hydrogen (secondary N) is 1. The molecule has 0 fully saturated rings. The summed E-state index contributed by atoms with van der Waals surface area (Å²) < 4.78 is 0. The Hall–Kier alpha value is -1.27. The van der Waals surface area contributed by atoms with Gasteiger partial charge in [0.05, 0.1) is 11.6 Å². The van der Waals surface area contributed by atoms with E-state index < -0.39 is 0 Å². The third kappa shape index (κ3) is 3.11. The van der Waals surface area contributed by atoms with Gasteiger partial charge in [0.15, 0.2) is 0 Å². The highest BCUT2D eigenvalue weighted by atomic mass is 35.5. The van der Waals surface area contributed by atoms with E-state index in [0.29, 0.717) is 16.5 Å². The van der Waals surface area contributed by atoms with Crippen LogP contribution in [0.25, 0.3) is 0 Å². The van der Waals surface area contributed by atoms with Gasteiger partial charge in [-0.2, -0.15) is 5.26 Å². The minimum absolute atomic E-state index is 0.00952. The molecule has 0 amide bonds. The van der Waals surface area contributed by atoms with Crippen LogP contribution < -0.4 is 5.32 Å². The molecule has 1 aromatic heterocycles. The van der Waals surface area contributed by atoms with E-state index in [0.717, 1.165) is 12.8 Å². The highest BCUT2D eigenvalue weighted by molar-refractivity contribution is 6.29. The molecule has 1 aromatic rings. The first-order valence-electron chi connectivity index (χ1n) is 5.39. The Balaban J connectivity index is 2.97. The van der Waals surface area contributed by atoms with Crippen molar-refractivity contribution >= 4 is 17.4 Å². The Labute approximate surface area is 101 Å². The summed E-state index contributed by atoms with van der Waals surface area (Å²) in [5.74, 6) is 0.662. The fraction of sp³-hybridized carbons (Fsp3) is 0.500. The van der Waals surface area contributed by atoms with Crippen molar-refractivity contribution in [1.29, 1.82) is 5.26 Å². The van der Waals surface area contributed by atoms with E-state index in [1.54, 1.807) is 12.1 Å². The molecule has 0 bridgehead atoms. The number of nitriles is 1. The van der Waals surface area contributed by atoms with Crippen molar-refractivity contribution in [3.8, 4) is 6.07 Å². The standard InChI is InChI=1S/C12H16ClN3/c1-4-12(3,5-2)16-11-7-9(8-14)6-10(13)15-11/h6-7H,4-5H2,1-3H3,(H,15,16). The van der Waals surface area contributed by atoms with E-state index in [2.05, 4.69) is 37.1 Å². The van der Waals surface area contributed by atoms with Gasteiger partial charge in [-0.25, -0.2) is 4.98 Å². The van der Waals surface area contributed by atoms with Crippen molar-refractivity contribution in [2.75, 3.05) is 5.32 Å². The molecule has 86 valence electrons. The lowest BCUT2D eigenvalue weighted by molar-refractivity contribution is 0.477. The second-order valence-corrected chi connectivity index (χ2v) is 4.46. The normalized spacial score (nSPS) is 10.9. The van der Waals surface area contributed by atoms with Gasteiger partial charge in [0, 0.05) is 5.54 Å². The lowest BCUT2D eigenvalue weighted by Gasteiger charge is -2.28. The highest BCUT2D eigenvalue weighted by Gasteiger charge is 2.19. The van der Waals surface area contributed by atoms with Gasteiger partial charge in [-0.3, -0.25) is 0 Å². The third-order valence-corrected chi connectivity index (χ3v) is 3.11. The molecule has 0 atom stereocenters. The quantitative estimate of drug-likeness (QED) is 0.814. The molecule has 16 heavy (non-hydrogen) atoms. The van der Waals surface area contributed by atoms with Gasteiger partial charge >= 0.3 is 0 Å². The van der Waals surface area contributed by atoms with Gasteiger partial charge in [-0.15, -0.1) is 0 Å². The van der Waals surface area contributed by atoms with Crippen LogP contribution in [0, 0.1) is 11.3 Å². The van der Waals surface area contributed by atoms with Crippen LogP contribution in [0.5, 0.6) is 0 Å². The van der Waals surface area contributed by atoms with Crippen LogP contribution in [0.4, 0.5) is 5.82 Å². The summed E-state index contributed by atoms with van der Waals surface area (Å²) in [5.41, 5.74) is 0.516. The first-order valence-corrected chi connectivity index (χ1v) is 5.76. The molecular weight excluding hydrogens is 222 g/mol. The first-order chi connectivity index (χ1) is 7.53. The van der Waals surface area contributed by atoms with Crippen LogP contribution in [0.15, 0.2) is 12.1 Å². The second-order valence-electron chi connectivity index (χ2n) is 4.07. The highest BCUT2D eigenvalue weighted by Crippen LogP contribution is 2.22. The summed E-state index contributed by atoms with van der Waals surface area (Å²) in [5, 5.41) is 12.5. The van der Waals surface area contributed by atoms with E-state index in [1.165, 1.54) is 0 Å². The monoisotopic (exact) mass is 237 g/mol. The number of hydrogen-bond acceptors (Lipinski definition) is 3. The Morgan fingerprint density at radius 3 is 2.56 bits per heavy atom. The summed E-state index contributed by atoms with van der Waals surface area (Å²) in [7, 11) is 0. The summed E-state index contributed by atoms with van der Waals surface area (Å²) in [6.45, 7) is 6.36. The van der Waals surface area contributed by atoms with Crippen LogP contribution >= 0.6 is 11.6 Å². The molecule has 1 N–H and O–H groups in total. The second kappa shape index (κ2) is 5.18. The summed E-state index contributed by atoms with van der Waals surface area (Å²) in [6, 6.07) is 5.34. The molecule has 4 heteroatoms. The third-order valence-electron chi connectivity index (χ3n) is 2.91. The maximum atomic E-state index is 8.84. The van der Waals surface area contributed by atoms with E-state index in [9.17, 15) is 0 Å². The molecule has 0 aliphatic carbocycles. The lowest BCUT2D eigenvalue weighted by atomic mass is 9.95. The average Bonchev–Trinajstić information content (AvgIpc) is 2.28. The zero-order valence-corrected chi connectivity index (χ0v) is 10.6. The van der Waals surface area contributed by atoms with Gasteiger partial charge in [-0.1, -0.05) is 25.4 Å². The van der Waals surface area contributed by atoms with E-state index in [-0.39, 0.29) is 5.54 Å². The fourth-order valence-electron chi connectivity index (χ4n) is 1.36. The maximum Gasteiger partial charge on any atom is 0.132 e. The van der Waals surface area contributed by atoms with Crippen molar-refractivity contribution < 1.29 is 0 Å². The molecule has 0 saturated heterocycles. The Morgan fingerprint density at radius 1 is 1.44 bits per heavy atom. The summed E-state index contributed by atoms with van der Waals surface area (Å²) >= 11 is 5.84. The fourth-order valence-corrected chi connectivity index (χ4v) is 1.57. The molecule has 3 nitrogen and oxygen atoms in total. The molecule has 1 heterocycles. The minimum atomic E-state index is -0.00952. The predicted octanol–water partition coefficient (Wildman–Crippen LogP) is 3.60. The molecule has 0 aliphatic rings. The van der Waals surface area contributed by atoms with Crippen molar-refractivity contribution in [2.24, 2.45) is 0 Å². The molecular formula is C12H16ClN3. The first kappa shape index (κ1) is 12.8. The van der Waals surface area contributed by atoms with Crippen molar-refractivity contribution in [3.63, 3.8) is 0 Å². The number of rotatable bonds is 4. The topological polar surface area (TPSA) is 48.7 Å². The van der Waals surface area contributed by atoms with Gasteiger partial charge in [0.25, 0.3) is 0 Å². The molecule has 1 rings (SSSR count). The number of hydrogen-bond donors (Lipinski definition) is 1. The number of aromatic nitrogens is 1. The Morgan fingerprint density at radius 2 is 2.06 bits per heavy atom. The van der Waals surface area contributed by atoms with Crippen LogP contribution in [-0.4, -0.2) is 10.5 Å². The van der Waals surface area contributed by atoms with E-state index in [4.69, 9.17) is 16.9 Å². The van der Waals surface area contributed by atoms with E-state index in [1.807, 2.05) is 0 Å². The minimum Gasteiger partial charge on any atom is -0.365 e. The molecule has 0 unspecified atom stereocenters. The smallest absolute Gasteiger partial charge is 0.132 e. The maximum absolute atomic E-state index is 8.84. The average molecular weight is 238 g/mol. The summed E-state index contributed by atoms with van der Waals surface area (Å²) in [4.78, 5) is 4.17. The molecule has 0 radical (unpaired) electrons.